The summed E-state index contributed by atoms with van der Waals surface area (Å²) in [6, 6.07) is 9.54. The number of likely N-dealkylation sites (tertiary alicyclic amines) is 2. The van der Waals surface area contributed by atoms with E-state index in [0.717, 1.165) is 57.4 Å². The molecule has 292 valence electrons. The number of amides is 3. The van der Waals surface area contributed by atoms with Gasteiger partial charge in [0.15, 0.2) is 11.6 Å². The predicted molar refractivity (Wildman–Crippen MR) is 205 cm³/mol. The van der Waals surface area contributed by atoms with Gasteiger partial charge in [0, 0.05) is 88.1 Å². The number of carbonyl (C=O) groups is 2. The molecular formula is C41H49F2N7O5. The Hall–Kier alpha value is -4.95. The van der Waals surface area contributed by atoms with E-state index in [1.54, 1.807) is 58.2 Å². The smallest absolute Gasteiger partial charge is 0.324 e. The number of alkyl halides is 1. The Labute approximate surface area is 318 Å². The number of aryl methyl sites for hydroxylation is 1. The van der Waals surface area contributed by atoms with Crippen molar-refractivity contribution >= 4 is 22.7 Å². The van der Waals surface area contributed by atoms with Crippen LogP contribution < -0.4 is 21.2 Å². The maximum absolute atomic E-state index is 15.5. The van der Waals surface area contributed by atoms with E-state index in [0.29, 0.717) is 60.4 Å². The molecule has 14 heteroatoms. The van der Waals surface area contributed by atoms with Gasteiger partial charge in [-0.15, -0.1) is 0 Å². The summed E-state index contributed by atoms with van der Waals surface area (Å²) in [5.41, 5.74) is 1.59. The zero-order valence-corrected chi connectivity index (χ0v) is 31.3. The lowest BCUT2D eigenvalue weighted by molar-refractivity contribution is -0.121. The van der Waals surface area contributed by atoms with Gasteiger partial charge in [-0.25, -0.2) is 13.6 Å². The summed E-state index contributed by atoms with van der Waals surface area (Å²) < 4.78 is 40.3. The molecule has 1 unspecified atom stereocenters. The Kier molecular flexibility index (Phi) is 12.0. The molecular weight excluding hydrogens is 708 g/mol. The molecule has 3 aromatic heterocycles. The molecule has 3 saturated heterocycles. The summed E-state index contributed by atoms with van der Waals surface area (Å²) in [5, 5.41) is 3.48. The highest BCUT2D eigenvalue weighted by atomic mass is 19.1. The number of nitrogens with one attached hydrogen (secondary N) is 1. The number of nitrogens with zero attached hydrogens (tertiary/aromatic N) is 6. The minimum Gasteiger partial charge on any atom is -0.484 e. The van der Waals surface area contributed by atoms with E-state index in [-0.39, 0.29) is 42.3 Å². The van der Waals surface area contributed by atoms with Gasteiger partial charge in [-0.05, 0) is 79.9 Å². The maximum Gasteiger partial charge on any atom is 0.324 e. The molecule has 0 bridgehead atoms. The molecule has 7 rings (SSSR count). The lowest BCUT2D eigenvalue weighted by Crippen LogP contribution is -2.49. The molecule has 1 N–H and O–H groups in total. The number of fused-ring (bicyclic) bond motifs is 1. The lowest BCUT2D eigenvalue weighted by Gasteiger charge is -2.39. The van der Waals surface area contributed by atoms with Gasteiger partial charge in [-0.3, -0.25) is 29.6 Å². The number of unbranched alkanes of at least 4 members (excludes halogenated alkanes) is 1. The van der Waals surface area contributed by atoms with Crippen molar-refractivity contribution in [3.63, 3.8) is 0 Å². The van der Waals surface area contributed by atoms with E-state index in [4.69, 9.17) is 4.74 Å². The topological polar surface area (TPSA) is 122 Å². The van der Waals surface area contributed by atoms with Crippen LogP contribution in [0.25, 0.3) is 21.9 Å². The predicted octanol–water partition coefficient (Wildman–Crippen LogP) is 4.81. The molecule has 0 aliphatic carbocycles. The molecule has 1 aromatic carbocycles. The second-order valence-corrected chi connectivity index (χ2v) is 15.0. The van der Waals surface area contributed by atoms with Crippen LogP contribution in [0.2, 0.25) is 0 Å². The zero-order valence-electron chi connectivity index (χ0n) is 31.3. The fourth-order valence-electron chi connectivity index (χ4n) is 7.98. The molecule has 6 heterocycles. The fraction of sp³-hybridized carbons (Fsp3) is 0.488. The number of hydrogen-bond acceptors (Lipinski definition) is 8. The standard InChI is InChI=1S/C41H49F2N7O5/c1-2-3-14-49-26-33(31-8-13-44-23-32(31)40(49)53)29-6-7-36(34(42)22-29)55-37-11-18-47(27-35(37)43)24-28-9-16-46(17-10-28)20-21-48-15-4-5-30(39(48)52)25-50-19-12-38(51)45-41(50)54/h4-8,13,15,22-23,26,28,35,37H,2-3,9-12,14,16-21,24-25,27H2,1H3,(H,45,51,54)/t35-,37?/m1/s1. The molecule has 3 fully saturated rings. The Morgan fingerprint density at radius 1 is 0.909 bits per heavy atom. The number of hydrogen-bond donors (Lipinski definition) is 1. The van der Waals surface area contributed by atoms with Crippen molar-refractivity contribution in [2.24, 2.45) is 5.92 Å². The molecule has 3 aliphatic rings. The average molecular weight is 758 g/mol. The Morgan fingerprint density at radius 2 is 1.73 bits per heavy atom. The van der Waals surface area contributed by atoms with Crippen molar-refractivity contribution in [3.05, 3.63) is 93.3 Å². The quantitative estimate of drug-likeness (QED) is 0.207. The summed E-state index contributed by atoms with van der Waals surface area (Å²) in [4.78, 5) is 59.9. The first kappa shape index (κ1) is 38.3. The first-order valence-corrected chi connectivity index (χ1v) is 19.5. The summed E-state index contributed by atoms with van der Waals surface area (Å²) >= 11 is 0. The van der Waals surface area contributed by atoms with Crippen molar-refractivity contribution in [1.29, 1.82) is 0 Å². The minimum atomic E-state index is -1.26. The van der Waals surface area contributed by atoms with Crippen LogP contribution in [0.4, 0.5) is 13.6 Å². The third kappa shape index (κ3) is 8.97. The van der Waals surface area contributed by atoms with Gasteiger partial charge in [0.25, 0.3) is 11.1 Å². The third-order valence-electron chi connectivity index (χ3n) is 11.2. The molecule has 0 radical (unpaired) electrons. The molecule has 55 heavy (non-hydrogen) atoms. The molecule has 4 aromatic rings. The number of carbonyl (C=O) groups excluding carboxylic acids is 2. The van der Waals surface area contributed by atoms with E-state index in [9.17, 15) is 19.2 Å². The van der Waals surface area contributed by atoms with E-state index in [2.05, 4.69) is 27.0 Å². The number of piperidine rings is 2. The molecule has 2 atom stereocenters. The fourth-order valence-corrected chi connectivity index (χ4v) is 7.98. The second kappa shape index (κ2) is 17.2. The second-order valence-electron chi connectivity index (χ2n) is 15.0. The van der Waals surface area contributed by atoms with Gasteiger partial charge in [-0.2, -0.15) is 0 Å². The normalized spacial score (nSPS) is 20.2. The van der Waals surface area contributed by atoms with Crippen LogP contribution >= 0.6 is 0 Å². The molecule has 3 amide bonds. The maximum atomic E-state index is 15.5. The Bertz CT molecular complexity index is 2130. The monoisotopic (exact) mass is 757 g/mol. The number of imide groups is 1. The van der Waals surface area contributed by atoms with E-state index < -0.39 is 24.1 Å². The summed E-state index contributed by atoms with van der Waals surface area (Å²) in [6.45, 7) is 7.80. The first-order chi connectivity index (χ1) is 26.7. The first-order valence-electron chi connectivity index (χ1n) is 19.5. The largest absolute Gasteiger partial charge is 0.484 e. The van der Waals surface area contributed by atoms with Crippen LogP contribution in [0.5, 0.6) is 5.75 Å². The summed E-state index contributed by atoms with van der Waals surface area (Å²) in [6.07, 6.45) is 9.12. The lowest BCUT2D eigenvalue weighted by atomic mass is 9.94. The van der Waals surface area contributed by atoms with Gasteiger partial charge in [-0.1, -0.05) is 25.5 Å². The van der Waals surface area contributed by atoms with Crippen molar-refractivity contribution in [1.82, 2.24) is 34.1 Å². The van der Waals surface area contributed by atoms with Gasteiger partial charge in [0.05, 0.1) is 11.9 Å². The summed E-state index contributed by atoms with van der Waals surface area (Å²) in [7, 11) is 0. The van der Waals surface area contributed by atoms with Crippen LogP contribution in [0, 0.1) is 11.7 Å². The number of aromatic nitrogens is 3. The highest BCUT2D eigenvalue weighted by molar-refractivity contribution is 5.96. The average Bonchev–Trinajstić information content (AvgIpc) is 3.18. The number of ether oxygens (including phenoxy) is 1. The SMILES string of the molecule is CCCCn1cc(-c2ccc(OC3CCN(CC4CCN(CCn5cccc(CN6CCC(=O)NC6=O)c5=O)CC4)C[C@H]3F)c(F)c2)c2ccncc2c1=O. The molecule has 0 saturated carbocycles. The minimum absolute atomic E-state index is 0.0172. The van der Waals surface area contributed by atoms with E-state index in [1.165, 1.54) is 11.0 Å². The number of pyridine rings is 3. The zero-order chi connectivity index (χ0) is 38.5. The van der Waals surface area contributed by atoms with Crippen molar-refractivity contribution in [2.45, 2.75) is 77.4 Å². The number of halogens is 2. The van der Waals surface area contributed by atoms with Gasteiger partial charge in [0.2, 0.25) is 5.91 Å². The molecule has 0 spiro atoms. The summed E-state index contributed by atoms with van der Waals surface area (Å²) in [5.74, 6) is -0.427. The number of urea groups is 1. The van der Waals surface area contributed by atoms with Crippen molar-refractivity contribution < 1.29 is 23.1 Å². The highest BCUT2D eigenvalue weighted by Gasteiger charge is 2.33. The van der Waals surface area contributed by atoms with Gasteiger partial charge in [0.1, 0.15) is 12.3 Å². The van der Waals surface area contributed by atoms with Gasteiger partial charge < -0.3 is 23.7 Å². The van der Waals surface area contributed by atoms with Gasteiger partial charge >= 0.3 is 6.03 Å². The Morgan fingerprint density at radius 3 is 2.49 bits per heavy atom. The number of rotatable bonds is 13. The van der Waals surface area contributed by atoms with Crippen molar-refractivity contribution in [2.75, 3.05) is 45.8 Å². The van der Waals surface area contributed by atoms with Crippen LogP contribution in [0.3, 0.4) is 0 Å². The molecule has 12 nitrogen and oxygen atoms in total. The molecule has 3 aliphatic heterocycles. The Balaban J connectivity index is 0.879. The third-order valence-corrected chi connectivity index (χ3v) is 11.2. The number of benzene rings is 1. The van der Waals surface area contributed by atoms with Crippen LogP contribution in [-0.2, 0) is 24.4 Å². The van der Waals surface area contributed by atoms with E-state index in [1.807, 2.05) is 6.07 Å². The highest BCUT2D eigenvalue weighted by Crippen LogP contribution is 2.32. The van der Waals surface area contributed by atoms with Crippen LogP contribution in [-0.4, -0.2) is 98.8 Å². The van der Waals surface area contributed by atoms with Crippen LogP contribution in [0.15, 0.2) is 70.8 Å². The van der Waals surface area contributed by atoms with Crippen LogP contribution in [0.1, 0.15) is 51.0 Å². The van der Waals surface area contributed by atoms with Crippen molar-refractivity contribution in [3.8, 4) is 16.9 Å². The van der Waals surface area contributed by atoms with E-state index >= 15 is 8.78 Å².